The van der Waals surface area contributed by atoms with Crippen molar-refractivity contribution in [1.29, 1.82) is 5.26 Å². The Hall–Kier alpha value is -4.25. The fraction of sp³-hybridized carbons (Fsp3) is 0.367. The van der Waals surface area contributed by atoms with Crippen LogP contribution >= 0.6 is 0 Å². The molecule has 6 rings (SSSR count). The monoisotopic (exact) mass is 505 g/mol. The third kappa shape index (κ3) is 4.38. The first-order chi connectivity index (χ1) is 18.5. The van der Waals surface area contributed by atoms with Gasteiger partial charge in [0.2, 0.25) is 0 Å². The standard InChI is InChI=1S/C30H31N7O/c1-20-17-35(19-24(20)15-31)29-21(2)18-37-28(33-29)14-26(34-37)27-10-6-7-13-36(27)30(38)25-12-11-23(16-32-25)22-8-4-3-5-9-22/h3-5,8-9,11-12,14,16,18,20,24,27H,6-7,10,13,17,19H2,1-2H3/t20-,24+,27-/m0/s1. The molecule has 3 aromatic heterocycles. The zero-order valence-electron chi connectivity index (χ0n) is 21.8. The normalized spacial score (nSPS) is 21.6. The number of hydrogen-bond acceptors (Lipinski definition) is 6. The fourth-order valence-electron chi connectivity index (χ4n) is 5.76. The van der Waals surface area contributed by atoms with Gasteiger partial charge in [0, 0.05) is 49.2 Å². The van der Waals surface area contributed by atoms with Gasteiger partial charge in [0.05, 0.1) is 23.7 Å². The number of benzene rings is 1. The van der Waals surface area contributed by atoms with Crippen molar-refractivity contribution in [1.82, 2.24) is 24.5 Å². The van der Waals surface area contributed by atoms with Gasteiger partial charge in [-0.2, -0.15) is 10.4 Å². The summed E-state index contributed by atoms with van der Waals surface area (Å²) >= 11 is 0. The highest BCUT2D eigenvalue weighted by Crippen LogP contribution is 2.33. The maximum atomic E-state index is 13.6. The van der Waals surface area contributed by atoms with Gasteiger partial charge in [-0.05, 0) is 43.7 Å². The topological polar surface area (TPSA) is 90.4 Å². The number of carbonyl (C=O) groups is 1. The predicted molar refractivity (Wildman–Crippen MR) is 146 cm³/mol. The van der Waals surface area contributed by atoms with Crippen molar-refractivity contribution in [2.75, 3.05) is 24.5 Å². The Labute approximate surface area is 222 Å². The summed E-state index contributed by atoms with van der Waals surface area (Å²) in [6, 6.07) is 18.2. The molecule has 2 saturated heterocycles. The van der Waals surface area contributed by atoms with Crippen LogP contribution in [0.4, 0.5) is 5.82 Å². The summed E-state index contributed by atoms with van der Waals surface area (Å²) in [7, 11) is 0. The van der Waals surface area contributed by atoms with E-state index >= 15 is 0 Å². The summed E-state index contributed by atoms with van der Waals surface area (Å²) in [5.41, 5.74) is 5.16. The van der Waals surface area contributed by atoms with Crippen LogP contribution in [0.25, 0.3) is 16.8 Å². The van der Waals surface area contributed by atoms with Gasteiger partial charge in [0.1, 0.15) is 11.5 Å². The number of aryl methyl sites for hydroxylation is 1. The third-order valence-corrected chi connectivity index (χ3v) is 7.90. The molecule has 0 N–H and O–H groups in total. The minimum absolute atomic E-state index is 0.0186. The molecule has 38 heavy (non-hydrogen) atoms. The molecule has 2 aliphatic rings. The van der Waals surface area contributed by atoms with Crippen LogP contribution in [0.2, 0.25) is 0 Å². The Kier molecular flexibility index (Phi) is 6.28. The average Bonchev–Trinajstić information content (AvgIpc) is 3.55. The van der Waals surface area contributed by atoms with Crippen LogP contribution in [0, 0.1) is 30.1 Å². The molecular weight excluding hydrogens is 474 g/mol. The van der Waals surface area contributed by atoms with E-state index < -0.39 is 0 Å². The van der Waals surface area contributed by atoms with E-state index in [0.717, 1.165) is 59.7 Å². The number of nitrogens with zero attached hydrogens (tertiary/aromatic N) is 7. The van der Waals surface area contributed by atoms with E-state index in [1.54, 1.807) is 6.20 Å². The van der Waals surface area contributed by atoms with E-state index in [1.165, 1.54) is 0 Å². The fourth-order valence-corrected chi connectivity index (χ4v) is 5.76. The van der Waals surface area contributed by atoms with E-state index in [1.807, 2.05) is 71.1 Å². The number of piperidine rings is 1. The van der Waals surface area contributed by atoms with Crippen LogP contribution in [-0.2, 0) is 0 Å². The number of aromatic nitrogens is 4. The second kappa shape index (κ2) is 9.90. The Balaban J connectivity index is 1.26. The molecule has 4 aromatic rings. The Morgan fingerprint density at radius 1 is 1.08 bits per heavy atom. The van der Waals surface area contributed by atoms with Gasteiger partial charge in [-0.15, -0.1) is 0 Å². The third-order valence-electron chi connectivity index (χ3n) is 7.90. The predicted octanol–water partition coefficient (Wildman–Crippen LogP) is 5.06. The number of amides is 1. The summed E-state index contributed by atoms with van der Waals surface area (Å²) in [6.45, 7) is 6.36. The lowest BCUT2D eigenvalue weighted by atomic mass is 9.98. The first kappa shape index (κ1) is 24.1. The van der Waals surface area contributed by atoms with Crippen LogP contribution < -0.4 is 4.90 Å². The summed E-state index contributed by atoms with van der Waals surface area (Å²) in [5, 5.41) is 14.3. The molecule has 1 aromatic carbocycles. The molecular formula is C30H31N7O. The maximum absolute atomic E-state index is 13.6. The number of rotatable bonds is 4. The quantitative estimate of drug-likeness (QED) is 0.385. The second-order valence-electron chi connectivity index (χ2n) is 10.5. The first-order valence-electron chi connectivity index (χ1n) is 13.4. The van der Waals surface area contributed by atoms with E-state index in [9.17, 15) is 10.1 Å². The summed E-state index contributed by atoms with van der Waals surface area (Å²) < 4.78 is 1.82. The molecule has 8 nitrogen and oxygen atoms in total. The lowest BCUT2D eigenvalue weighted by Crippen LogP contribution is -2.39. The van der Waals surface area contributed by atoms with Crippen molar-refractivity contribution in [3.05, 3.63) is 77.9 Å². The van der Waals surface area contributed by atoms with Crippen LogP contribution in [0.15, 0.2) is 60.9 Å². The van der Waals surface area contributed by atoms with Crippen molar-refractivity contribution in [2.24, 2.45) is 11.8 Å². The molecule has 0 radical (unpaired) electrons. The van der Waals surface area contributed by atoms with E-state index in [-0.39, 0.29) is 17.9 Å². The van der Waals surface area contributed by atoms with Gasteiger partial charge in [-0.3, -0.25) is 9.78 Å². The molecule has 0 aliphatic carbocycles. The molecule has 3 atom stereocenters. The smallest absolute Gasteiger partial charge is 0.273 e. The number of pyridine rings is 1. The summed E-state index contributed by atoms with van der Waals surface area (Å²) in [6.07, 6.45) is 6.65. The zero-order chi connectivity index (χ0) is 26.2. The minimum atomic E-state index is -0.118. The Morgan fingerprint density at radius 2 is 1.92 bits per heavy atom. The highest BCUT2D eigenvalue weighted by atomic mass is 16.2. The Bertz CT molecular complexity index is 1510. The molecule has 2 aliphatic heterocycles. The summed E-state index contributed by atoms with van der Waals surface area (Å²) in [5.74, 6) is 1.18. The maximum Gasteiger partial charge on any atom is 0.273 e. The van der Waals surface area contributed by atoms with Crippen LogP contribution in [0.1, 0.15) is 54.0 Å². The van der Waals surface area contributed by atoms with E-state index in [4.69, 9.17) is 10.1 Å². The zero-order valence-corrected chi connectivity index (χ0v) is 21.8. The van der Waals surface area contributed by atoms with Gasteiger partial charge in [-0.1, -0.05) is 43.3 Å². The van der Waals surface area contributed by atoms with Crippen molar-refractivity contribution in [3.8, 4) is 17.2 Å². The lowest BCUT2D eigenvalue weighted by Gasteiger charge is -2.34. The molecule has 0 bridgehead atoms. The molecule has 0 spiro atoms. The number of fused-ring (bicyclic) bond motifs is 1. The van der Waals surface area contributed by atoms with Crippen LogP contribution in [-0.4, -0.2) is 50.0 Å². The summed E-state index contributed by atoms with van der Waals surface area (Å²) in [4.78, 5) is 27.2. The Morgan fingerprint density at radius 3 is 2.66 bits per heavy atom. The van der Waals surface area contributed by atoms with Crippen molar-refractivity contribution >= 4 is 17.4 Å². The molecule has 8 heteroatoms. The molecule has 192 valence electrons. The van der Waals surface area contributed by atoms with Gasteiger partial charge < -0.3 is 9.80 Å². The number of hydrogen-bond donors (Lipinski definition) is 0. The molecule has 5 heterocycles. The van der Waals surface area contributed by atoms with Crippen LogP contribution in [0.3, 0.4) is 0 Å². The van der Waals surface area contributed by atoms with Gasteiger partial charge in [0.15, 0.2) is 5.65 Å². The SMILES string of the molecule is Cc1cn2nc([C@@H]3CCCCN3C(=O)c3ccc(-c4ccccc4)cn3)cc2nc1N1C[C@@H](C#N)[C@@H](C)C1. The molecule has 2 fully saturated rings. The number of likely N-dealkylation sites (tertiary alicyclic amines) is 1. The number of anilines is 1. The lowest BCUT2D eigenvalue weighted by molar-refractivity contribution is 0.0599. The molecule has 0 unspecified atom stereocenters. The van der Waals surface area contributed by atoms with E-state index in [2.05, 4.69) is 22.9 Å². The number of carbonyl (C=O) groups excluding carboxylic acids is 1. The van der Waals surface area contributed by atoms with Gasteiger partial charge >= 0.3 is 0 Å². The van der Waals surface area contributed by atoms with Crippen LogP contribution in [0.5, 0.6) is 0 Å². The van der Waals surface area contributed by atoms with Crippen molar-refractivity contribution in [3.63, 3.8) is 0 Å². The minimum Gasteiger partial charge on any atom is -0.355 e. The first-order valence-corrected chi connectivity index (χ1v) is 13.4. The second-order valence-corrected chi connectivity index (χ2v) is 10.5. The average molecular weight is 506 g/mol. The highest BCUT2D eigenvalue weighted by molar-refractivity contribution is 5.93. The molecule has 0 saturated carbocycles. The van der Waals surface area contributed by atoms with Crippen molar-refractivity contribution < 1.29 is 4.79 Å². The van der Waals surface area contributed by atoms with E-state index in [0.29, 0.717) is 24.7 Å². The van der Waals surface area contributed by atoms with Gasteiger partial charge in [0.25, 0.3) is 5.91 Å². The molecule has 1 amide bonds. The largest absolute Gasteiger partial charge is 0.355 e. The highest BCUT2D eigenvalue weighted by Gasteiger charge is 2.33. The van der Waals surface area contributed by atoms with Gasteiger partial charge in [-0.25, -0.2) is 9.50 Å². The number of nitriles is 1. The van der Waals surface area contributed by atoms with Crippen molar-refractivity contribution in [2.45, 2.75) is 39.2 Å².